The van der Waals surface area contributed by atoms with Crippen LogP contribution in [0.15, 0.2) is 23.0 Å². The summed E-state index contributed by atoms with van der Waals surface area (Å²) >= 11 is 11.4. The van der Waals surface area contributed by atoms with E-state index in [9.17, 15) is 4.79 Å². The fraction of sp³-hybridized carbons (Fsp3) is 0. The van der Waals surface area contributed by atoms with Crippen molar-refractivity contribution in [2.45, 2.75) is 0 Å². The molecule has 0 atom stereocenters. The van der Waals surface area contributed by atoms with Gasteiger partial charge in [0.2, 0.25) is 5.43 Å². The quantitative estimate of drug-likeness (QED) is 0.732. The summed E-state index contributed by atoms with van der Waals surface area (Å²) in [6.07, 6.45) is 0. The van der Waals surface area contributed by atoms with Crippen LogP contribution >= 0.6 is 23.2 Å². The zero-order valence-electron chi connectivity index (χ0n) is 6.34. The van der Waals surface area contributed by atoms with Gasteiger partial charge in [-0.3, -0.25) is 9.89 Å². The number of nitrogens with zero attached hydrogens (tertiary/aromatic N) is 1. The Kier molecular flexibility index (Phi) is 1.98. The van der Waals surface area contributed by atoms with Crippen LogP contribution in [0.1, 0.15) is 0 Å². The Hall–Kier alpha value is -1.06. The first-order valence-electron chi connectivity index (χ1n) is 3.52. The van der Waals surface area contributed by atoms with E-state index in [0.717, 1.165) is 0 Å². The molecule has 3 nitrogen and oxygen atoms in total. The van der Waals surface area contributed by atoms with Crippen molar-refractivity contribution in [3.63, 3.8) is 0 Å². The SMILES string of the molecule is O=c1c(Cl)n[nH]c2c(Cl)cccc12. The lowest BCUT2D eigenvalue weighted by molar-refractivity contribution is 1.07. The summed E-state index contributed by atoms with van der Waals surface area (Å²) in [6, 6.07) is 5.01. The fourth-order valence-electron chi connectivity index (χ4n) is 1.09. The molecule has 1 heterocycles. The number of benzene rings is 1. The van der Waals surface area contributed by atoms with Gasteiger partial charge in [0.15, 0.2) is 5.15 Å². The van der Waals surface area contributed by atoms with Crippen LogP contribution in [0.4, 0.5) is 0 Å². The third-order valence-electron chi connectivity index (χ3n) is 1.71. The summed E-state index contributed by atoms with van der Waals surface area (Å²) in [5.74, 6) is 0. The van der Waals surface area contributed by atoms with E-state index < -0.39 is 0 Å². The number of H-pyrrole nitrogens is 1. The van der Waals surface area contributed by atoms with Gasteiger partial charge >= 0.3 is 0 Å². The molecule has 0 radical (unpaired) electrons. The van der Waals surface area contributed by atoms with E-state index >= 15 is 0 Å². The molecule has 0 amide bonds. The van der Waals surface area contributed by atoms with Gasteiger partial charge in [0.25, 0.3) is 0 Å². The average Bonchev–Trinajstić information content (AvgIpc) is 2.12. The molecule has 0 bridgehead atoms. The van der Waals surface area contributed by atoms with Crippen LogP contribution in [-0.4, -0.2) is 10.2 Å². The minimum absolute atomic E-state index is 0.0743. The van der Waals surface area contributed by atoms with Gasteiger partial charge in [-0.15, -0.1) is 0 Å². The Morgan fingerprint density at radius 2 is 2.08 bits per heavy atom. The molecule has 1 N–H and O–H groups in total. The van der Waals surface area contributed by atoms with Crippen molar-refractivity contribution >= 4 is 34.1 Å². The summed E-state index contributed by atoms with van der Waals surface area (Å²) < 4.78 is 0. The van der Waals surface area contributed by atoms with E-state index in [-0.39, 0.29) is 10.6 Å². The van der Waals surface area contributed by atoms with Gasteiger partial charge in [0, 0.05) is 0 Å². The second kappa shape index (κ2) is 3.01. The monoisotopic (exact) mass is 214 g/mol. The molecule has 0 unspecified atom stereocenters. The standard InChI is InChI=1S/C8H4Cl2N2O/c9-5-3-1-2-4-6(5)11-12-8(10)7(4)13/h1-3H,(H,11,13). The van der Waals surface area contributed by atoms with E-state index in [2.05, 4.69) is 10.2 Å². The molecular weight excluding hydrogens is 211 g/mol. The first-order chi connectivity index (χ1) is 6.20. The van der Waals surface area contributed by atoms with Crippen LogP contribution < -0.4 is 5.43 Å². The molecule has 0 aliphatic rings. The molecular formula is C8H4Cl2N2O. The molecule has 13 heavy (non-hydrogen) atoms. The van der Waals surface area contributed by atoms with Gasteiger partial charge in [0.1, 0.15) is 0 Å². The summed E-state index contributed by atoms with van der Waals surface area (Å²) in [7, 11) is 0. The van der Waals surface area contributed by atoms with Crippen molar-refractivity contribution in [3.8, 4) is 0 Å². The minimum atomic E-state index is -0.307. The van der Waals surface area contributed by atoms with E-state index in [4.69, 9.17) is 23.2 Å². The molecule has 0 aliphatic carbocycles. The number of aromatic nitrogens is 2. The van der Waals surface area contributed by atoms with Crippen LogP contribution in [0, 0.1) is 0 Å². The zero-order valence-corrected chi connectivity index (χ0v) is 7.86. The third-order valence-corrected chi connectivity index (χ3v) is 2.28. The summed E-state index contributed by atoms with van der Waals surface area (Å²) in [4.78, 5) is 11.4. The van der Waals surface area contributed by atoms with E-state index in [1.165, 1.54) is 0 Å². The Labute approximate surface area is 83.3 Å². The van der Waals surface area contributed by atoms with Gasteiger partial charge in [-0.1, -0.05) is 29.3 Å². The predicted molar refractivity (Wildman–Crippen MR) is 52.4 cm³/mol. The zero-order chi connectivity index (χ0) is 9.42. The second-order valence-corrected chi connectivity index (χ2v) is 3.27. The number of rotatable bonds is 0. The second-order valence-electron chi connectivity index (χ2n) is 2.51. The molecule has 1 aromatic heterocycles. The molecule has 0 fully saturated rings. The Morgan fingerprint density at radius 1 is 1.31 bits per heavy atom. The Bertz CT molecular complexity index is 521. The first-order valence-corrected chi connectivity index (χ1v) is 4.28. The van der Waals surface area contributed by atoms with Crippen molar-refractivity contribution < 1.29 is 0 Å². The van der Waals surface area contributed by atoms with Crippen molar-refractivity contribution in [2.24, 2.45) is 0 Å². The molecule has 0 saturated carbocycles. The Balaban J connectivity index is 3.03. The number of halogens is 2. The molecule has 0 saturated heterocycles. The van der Waals surface area contributed by atoms with E-state index in [1.807, 2.05) is 0 Å². The van der Waals surface area contributed by atoms with Crippen molar-refractivity contribution in [2.75, 3.05) is 0 Å². The molecule has 1 aromatic carbocycles. The maximum atomic E-state index is 11.4. The average molecular weight is 215 g/mol. The number of aromatic amines is 1. The highest BCUT2D eigenvalue weighted by Gasteiger charge is 2.05. The van der Waals surface area contributed by atoms with Crippen LogP contribution in [-0.2, 0) is 0 Å². The number of hydrogen-bond donors (Lipinski definition) is 1. The number of fused-ring (bicyclic) bond motifs is 1. The maximum absolute atomic E-state index is 11.4. The maximum Gasteiger partial charge on any atom is 0.226 e. The first kappa shape index (κ1) is 8.53. The van der Waals surface area contributed by atoms with E-state index in [0.29, 0.717) is 15.9 Å². The van der Waals surface area contributed by atoms with Crippen LogP contribution in [0.2, 0.25) is 10.2 Å². The highest BCUT2D eigenvalue weighted by Crippen LogP contribution is 2.18. The lowest BCUT2D eigenvalue weighted by Crippen LogP contribution is -2.06. The smallest absolute Gasteiger partial charge is 0.226 e. The largest absolute Gasteiger partial charge is 0.286 e. The number of para-hydroxylation sites is 1. The van der Waals surface area contributed by atoms with Gasteiger partial charge in [0.05, 0.1) is 15.9 Å². The van der Waals surface area contributed by atoms with Gasteiger partial charge in [-0.2, -0.15) is 5.10 Å². The number of nitrogens with one attached hydrogen (secondary N) is 1. The van der Waals surface area contributed by atoms with Gasteiger partial charge in [-0.05, 0) is 12.1 Å². The highest BCUT2D eigenvalue weighted by molar-refractivity contribution is 6.35. The Morgan fingerprint density at radius 3 is 2.85 bits per heavy atom. The van der Waals surface area contributed by atoms with Gasteiger partial charge in [-0.25, -0.2) is 0 Å². The predicted octanol–water partition coefficient (Wildman–Crippen LogP) is 2.23. The van der Waals surface area contributed by atoms with Crippen LogP contribution in [0.5, 0.6) is 0 Å². The lowest BCUT2D eigenvalue weighted by atomic mass is 10.2. The highest BCUT2D eigenvalue weighted by atomic mass is 35.5. The van der Waals surface area contributed by atoms with Gasteiger partial charge < -0.3 is 0 Å². The lowest BCUT2D eigenvalue weighted by Gasteiger charge is -1.98. The molecule has 0 spiro atoms. The number of hydrogen-bond acceptors (Lipinski definition) is 2. The minimum Gasteiger partial charge on any atom is -0.286 e. The molecule has 2 aromatic rings. The molecule has 5 heteroatoms. The summed E-state index contributed by atoms with van der Waals surface area (Å²) in [5, 5.41) is 7.06. The summed E-state index contributed by atoms with van der Waals surface area (Å²) in [6.45, 7) is 0. The summed E-state index contributed by atoms with van der Waals surface area (Å²) in [5.41, 5.74) is 0.205. The van der Waals surface area contributed by atoms with Crippen LogP contribution in [0.25, 0.3) is 10.9 Å². The fourth-order valence-corrected chi connectivity index (χ4v) is 1.45. The third kappa shape index (κ3) is 1.30. The van der Waals surface area contributed by atoms with Crippen molar-refractivity contribution in [1.29, 1.82) is 0 Å². The van der Waals surface area contributed by atoms with E-state index in [1.54, 1.807) is 18.2 Å². The molecule has 66 valence electrons. The van der Waals surface area contributed by atoms with Crippen molar-refractivity contribution in [3.05, 3.63) is 38.6 Å². The molecule has 0 aliphatic heterocycles. The van der Waals surface area contributed by atoms with Crippen molar-refractivity contribution in [1.82, 2.24) is 10.2 Å². The topological polar surface area (TPSA) is 45.8 Å². The normalized spacial score (nSPS) is 10.6. The molecule has 2 rings (SSSR count). The van der Waals surface area contributed by atoms with Crippen LogP contribution in [0.3, 0.4) is 0 Å².